The highest BCUT2D eigenvalue weighted by molar-refractivity contribution is 5.56. The van der Waals surface area contributed by atoms with E-state index in [-0.39, 0.29) is 5.70 Å². The highest BCUT2D eigenvalue weighted by Crippen LogP contribution is 2.29. The molecule has 0 amide bonds. The van der Waals surface area contributed by atoms with Gasteiger partial charge in [-0.05, 0) is 31.0 Å². The van der Waals surface area contributed by atoms with Gasteiger partial charge in [-0.2, -0.15) is 0 Å². The summed E-state index contributed by atoms with van der Waals surface area (Å²) in [5, 5.41) is 10.6. The summed E-state index contributed by atoms with van der Waals surface area (Å²) < 4.78 is 11.2. The molecule has 0 unspecified atom stereocenters. The molecule has 1 aromatic rings. The van der Waals surface area contributed by atoms with E-state index >= 15 is 0 Å². The van der Waals surface area contributed by atoms with Crippen LogP contribution in [0.3, 0.4) is 0 Å². The maximum atomic E-state index is 10.6. The van der Waals surface area contributed by atoms with Gasteiger partial charge in [-0.15, -0.1) is 0 Å². The molecule has 110 valence electrons. The quantitative estimate of drug-likeness (QED) is 0.411. The number of rotatable bonds is 8. The SMILES string of the molecule is CCCCOc1ccc(/C=C(\C)[N+](=O)[O-])cc1OCC. The Bertz CT molecular complexity index is 483. The van der Waals surface area contributed by atoms with Crippen LogP contribution < -0.4 is 9.47 Å². The topological polar surface area (TPSA) is 61.6 Å². The maximum Gasteiger partial charge on any atom is 0.243 e. The van der Waals surface area contributed by atoms with Gasteiger partial charge in [0, 0.05) is 13.0 Å². The second kappa shape index (κ2) is 8.19. The third kappa shape index (κ3) is 4.91. The first kappa shape index (κ1) is 16.0. The van der Waals surface area contributed by atoms with Crippen LogP contribution in [-0.2, 0) is 0 Å². The van der Waals surface area contributed by atoms with E-state index in [1.165, 1.54) is 13.0 Å². The van der Waals surface area contributed by atoms with Crippen LogP contribution in [0.1, 0.15) is 39.2 Å². The Hall–Kier alpha value is -2.04. The number of nitrogens with zero attached hydrogens (tertiary/aromatic N) is 1. The van der Waals surface area contributed by atoms with Crippen molar-refractivity contribution in [2.24, 2.45) is 0 Å². The molecule has 0 heterocycles. The molecule has 0 aliphatic heterocycles. The van der Waals surface area contributed by atoms with E-state index in [2.05, 4.69) is 6.92 Å². The van der Waals surface area contributed by atoms with Crippen molar-refractivity contribution in [2.75, 3.05) is 13.2 Å². The molecule has 1 aromatic carbocycles. The maximum absolute atomic E-state index is 10.6. The smallest absolute Gasteiger partial charge is 0.243 e. The highest BCUT2D eigenvalue weighted by Gasteiger charge is 2.08. The van der Waals surface area contributed by atoms with Crippen molar-refractivity contribution >= 4 is 6.08 Å². The summed E-state index contributed by atoms with van der Waals surface area (Å²) in [5.74, 6) is 1.30. The fraction of sp³-hybridized carbons (Fsp3) is 0.467. The van der Waals surface area contributed by atoms with Crippen molar-refractivity contribution in [1.82, 2.24) is 0 Å². The van der Waals surface area contributed by atoms with Crippen molar-refractivity contribution in [3.05, 3.63) is 39.6 Å². The van der Waals surface area contributed by atoms with E-state index in [9.17, 15) is 10.1 Å². The third-order valence-corrected chi connectivity index (χ3v) is 2.69. The zero-order valence-electron chi connectivity index (χ0n) is 12.2. The van der Waals surface area contributed by atoms with Gasteiger partial charge < -0.3 is 9.47 Å². The fourth-order valence-corrected chi connectivity index (χ4v) is 1.62. The molecular weight excluding hydrogens is 258 g/mol. The van der Waals surface area contributed by atoms with Gasteiger partial charge in [-0.25, -0.2) is 0 Å². The van der Waals surface area contributed by atoms with E-state index in [0.29, 0.717) is 24.7 Å². The molecule has 0 saturated carbocycles. The molecular formula is C15H21NO4. The van der Waals surface area contributed by atoms with Crippen LogP contribution in [0.5, 0.6) is 11.5 Å². The van der Waals surface area contributed by atoms with Crippen molar-refractivity contribution in [2.45, 2.75) is 33.6 Å². The Kier molecular flexibility index (Phi) is 6.56. The van der Waals surface area contributed by atoms with E-state index in [0.717, 1.165) is 18.4 Å². The summed E-state index contributed by atoms with van der Waals surface area (Å²) in [6.07, 6.45) is 3.55. The molecule has 0 atom stereocenters. The van der Waals surface area contributed by atoms with E-state index in [4.69, 9.17) is 9.47 Å². The van der Waals surface area contributed by atoms with E-state index in [1.807, 2.05) is 6.92 Å². The van der Waals surface area contributed by atoms with E-state index in [1.54, 1.807) is 18.2 Å². The normalized spacial score (nSPS) is 11.2. The van der Waals surface area contributed by atoms with Gasteiger partial charge in [0.05, 0.1) is 18.1 Å². The molecule has 5 heteroatoms. The predicted octanol–water partition coefficient (Wildman–Crippen LogP) is 3.90. The van der Waals surface area contributed by atoms with Crippen LogP contribution in [0.15, 0.2) is 23.9 Å². The molecule has 0 aromatic heterocycles. The summed E-state index contributed by atoms with van der Waals surface area (Å²) in [6.45, 7) is 6.61. The lowest BCUT2D eigenvalue weighted by Gasteiger charge is -2.12. The van der Waals surface area contributed by atoms with Gasteiger partial charge in [0.25, 0.3) is 0 Å². The minimum absolute atomic E-state index is 0.0899. The number of unbranched alkanes of at least 4 members (excludes halogenated alkanes) is 1. The standard InChI is InChI=1S/C15H21NO4/c1-4-6-9-20-14-8-7-13(10-12(3)16(17)18)11-15(14)19-5-2/h7-8,10-11H,4-6,9H2,1-3H3/b12-10+. The monoisotopic (exact) mass is 279 g/mol. The first-order chi connectivity index (χ1) is 9.58. The molecule has 0 spiro atoms. The summed E-state index contributed by atoms with van der Waals surface area (Å²) in [6, 6.07) is 5.34. The Balaban J connectivity index is 2.94. The number of ether oxygens (including phenoxy) is 2. The van der Waals surface area contributed by atoms with Crippen molar-refractivity contribution in [1.29, 1.82) is 0 Å². The fourth-order valence-electron chi connectivity index (χ4n) is 1.62. The second-order valence-corrected chi connectivity index (χ2v) is 4.38. The molecule has 0 bridgehead atoms. The molecule has 5 nitrogen and oxygen atoms in total. The number of allylic oxidation sites excluding steroid dienone is 1. The van der Waals surface area contributed by atoms with Crippen LogP contribution in [0, 0.1) is 10.1 Å². The molecule has 0 radical (unpaired) electrons. The molecule has 20 heavy (non-hydrogen) atoms. The van der Waals surface area contributed by atoms with E-state index < -0.39 is 4.92 Å². The van der Waals surface area contributed by atoms with Crippen LogP contribution in [0.25, 0.3) is 6.08 Å². The molecule has 1 rings (SSSR count). The van der Waals surface area contributed by atoms with Gasteiger partial charge in [0.15, 0.2) is 11.5 Å². The van der Waals surface area contributed by atoms with Crippen molar-refractivity contribution < 1.29 is 14.4 Å². The summed E-state index contributed by atoms with van der Waals surface area (Å²) in [4.78, 5) is 10.2. The number of nitro groups is 1. The average molecular weight is 279 g/mol. The van der Waals surface area contributed by atoms with Crippen LogP contribution in [0.4, 0.5) is 0 Å². The minimum atomic E-state index is -0.411. The lowest BCUT2D eigenvalue weighted by molar-refractivity contribution is -0.422. The van der Waals surface area contributed by atoms with Gasteiger partial charge in [-0.3, -0.25) is 10.1 Å². The zero-order valence-corrected chi connectivity index (χ0v) is 12.2. The molecule has 0 N–H and O–H groups in total. The number of hydrogen-bond acceptors (Lipinski definition) is 4. The first-order valence-corrected chi connectivity index (χ1v) is 6.80. The van der Waals surface area contributed by atoms with Gasteiger partial charge in [0.1, 0.15) is 0 Å². The van der Waals surface area contributed by atoms with Gasteiger partial charge in [0.2, 0.25) is 5.70 Å². The Morgan fingerprint density at radius 2 is 2.05 bits per heavy atom. The number of hydrogen-bond donors (Lipinski definition) is 0. The Labute approximate surface area is 119 Å². The molecule has 0 saturated heterocycles. The summed E-state index contributed by atoms with van der Waals surface area (Å²) in [7, 11) is 0. The van der Waals surface area contributed by atoms with Gasteiger partial charge >= 0.3 is 0 Å². The number of benzene rings is 1. The average Bonchev–Trinajstić information content (AvgIpc) is 2.41. The van der Waals surface area contributed by atoms with Crippen molar-refractivity contribution in [3.63, 3.8) is 0 Å². The van der Waals surface area contributed by atoms with Crippen LogP contribution in [0.2, 0.25) is 0 Å². The molecule has 0 aliphatic carbocycles. The Morgan fingerprint density at radius 3 is 2.65 bits per heavy atom. The molecule has 0 fully saturated rings. The first-order valence-electron chi connectivity index (χ1n) is 6.80. The lowest BCUT2D eigenvalue weighted by Crippen LogP contribution is -2.01. The second-order valence-electron chi connectivity index (χ2n) is 4.38. The largest absolute Gasteiger partial charge is 0.490 e. The summed E-state index contributed by atoms with van der Waals surface area (Å²) >= 11 is 0. The third-order valence-electron chi connectivity index (χ3n) is 2.69. The highest BCUT2D eigenvalue weighted by atomic mass is 16.6. The minimum Gasteiger partial charge on any atom is -0.490 e. The predicted molar refractivity (Wildman–Crippen MR) is 78.7 cm³/mol. The lowest BCUT2D eigenvalue weighted by atomic mass is 10.1. The summed E-state index contributed by atoms with van der Waals surface area (Å²) in [5.41, 5.74) is 0.817. The Morgan fingerprint density at radius 1 is 1.30 bits per heavy atom. The molecule has 0 aliphatic rings. The van der Waals surface area contributed by atoms with Gasteiger partial charge in [-0.1, -0.05) is 19.4 Å². The zero-order chi connectivity index (χ0) is 15.0. The van der Waals surface area contributed by atoms with Crippen LogP contribution in [-0.4, -0.2) is 18.1 Å². The van der Waals surface area contributed by atoms with Crippen molar-refractivity contribution in [3.8, 4) is 11.5 Å². The van der Waals surface area contributed by atoms with Crippen LogP contribution >= 0.6 is 0 Å².